The van der Waals surface area contributed by atoms with Crippen LogP contribution in [0.3, 0.4) is 0 Å². The molecule has 0 amide bonds. The first-order valence-electron chi connectivity index (χ1n) is 10.3. The van der Waals surface area contributed by atoms with E-state index in [4.69, 9.17) is 9.57 Å². The number of hydrogen-bond acceptors (Lipinski definition) is 5. The molecule has 1 aliphatic rings. The minimum absolute atomic E-state index is 0.0205. The first-order chi connectivity index (χ1) is 15.3. The van der Waals surface area contributed by atoms with Crippen molar-refractivity contribution in [2.24, 2.45) is 10.1 Å². The van der Waals surface area contributed by atoms with Gasteiger partial charge in [0.05, 0.1) is 24.1 Å². The van der Waals surface area contributed by atoms with Gasteiger partial charge in [0.2, 0.25) is 0 Å². The van der Waals surface area contributed by atoms with Crippen LogP contribution in [0.25, 0.3) is 0 Å². The van der Waals surface area contributed by atoms with Gasteiger partial charge in [-0.05, 0) is 55.3 Å². The highest BCUT2D eigenvalue weighted by molar-refractivity contribution is 5.90. The van der Waals surface area contributed by atoms with Crippen LogP contribution in [0.1, 0.15) is 18.1 Å². The molecule has 0 unspecified atom stereocenters. The van der Waals surface area contributed by atoms with Gasteiger partial charge in [-0.1, -0.05) is 11.2 Å². The summed E-state index contributed by atoms with van der Waals surface area (Å²) in [7, 11) is 3.40. The summed E-state index contributed by atoms with van der Waals surface area (Å²) in [6.45, 7) is 4.20. The molecule has 1 aliphatic heterocycles. The van der Waals surface area contributed by atoms with Crippen molar-refractivity contribution in [3.05, 3.63) is 53.6 Å². The first-order valence-corrected chi connectivity index (χ1v) is 10.3. The van der Waals surface area contributed by atoms with E-state index in [-0.39, 0.29) is 12.4 Å². The first kappa shape index (κ1) is 23.4. The Labute approximate surface area is 185 Å². The number of alkyl halides is 3. The molecule has 0 spiro atoms. The molecule has 3 rings (SSSR count). The maximum atomic E-state index is 12.9. The fourth-order valence-corrected chi connectivity index (χ4v) is 3.33. The van der Waals surface area contributed by atoms with Crippen molar-refractivity contribution < 1.29 is 22.7 Å². The van der Waals surface area contributed by atoms with Crippen molar-refractivity contribution in [3.8, 4) is 5.75 Å². The van der Waals surface area contributed by atoms with Crippen LogP contribution in [0.4, 0.5) is 24.5 Å². The van der Waals surface area contributed by atoms with Crippen LogP contribution >= 0.6 is 0 Å². The fourth-order valence-electron chi connectivity index (χ4n) is 3.33. The highest BCUT2D eigenvalue weighted by Crippen LogP contribution is 2.32. The van der Waals surface area contributed by atoms with Gasteiger partial charge >= 0.3 is 6.18 Å². The molecule has 0 fully saturated rings. The molecule has 1 heterocycles. The lowest BCUT2D eigenvalue weighted by Gasteiger charge is -2.20. The number of hydrogen-bond donors (Lipinski definition) is 0. The number of halogens is 3. The van der Waals surface area contributed by atoms with E-state index in [2.05, 4.69) is 28.0 Å². The number of ether oxygens (including phenoxy) is 1. The molecule has 0 aliphatic carbocycles. The molecule has 0 aromatic heterocycles. The van der Waals surface area contributed by atoms with Gasteiger partial charge in [-0.15, -0.1) is 0 Å². The predicted molar refractivity (Wildman–Crippen MR) is 120 cm³/mol. The molecule has 2 aromatic rings. The van der Waals surface area contributed by atoms with E-state index in [1.165, 1.54) is 24.8 Å². The van der Waals surface area contributed by atoms with Crippen LogP contribution in [0.15, 0.2) is 52.6 Å². The van der Waals surface area contributed by atoms with Crippen molar-refractivity contribution in [1.82, 2.24) is 4.90 Å². The number of aliphatic imine (C=N–C) groups is 1. The smallest absolute Gasteiger partial charge is 0.416 e. The highest BCUT2D eigenvalue weighted by atomic mass is 19.4. The van der Waals surface area contributed by atoms with Crippen molar-refractivity contribution in [1.29, 1.82) is 0 Å². The Hall–Kier alpha value is -3.23. The fraction of sp³-hybridized carbons (Fsp3) is 0.391. The zero-order valence-corrected chi connectivity index (χ0v) is 18.4. The summed E-state index contributed by atoms with van der Waals surface area (Å²) in [4.78, 5) is 13.6. The lowest BCUT2D eigenvalue weighted by molar-refractivity contribution is -0.137. The van der Waals surface area contributed by atoms with Crippen LogP contribution in [-0.2, 0) is 17.4 Å². The summed E-state index contributed by atoms with van der Waals surface area (Å²) < 4.78 is 44.3. The minimum atomic E-state index is -4.42. The topological polar surface area (TPSA) is 49.7 Å². The number of anilines is 1. The van der Waals surface area contributed by atoms with Gasteiger partial charge in [0.25, 0.3) is 0 Å². The molecule has 0 radical (unpaired) electrons. The number of rotatable bonds is 9. The molecular weight excluding hydrogens is 421 g/mol. The van der Waals surface area contributed by atoms with Gasteiger partial charge in [0, 0.05) is 25.8 Å². The van der Waals surface area contributed by atoms with E-state index in [1.54, 1.807) is 0 Å². The Balaban J connectivity index is 1.66. The second-order valence-electron chi connectivity index (χ2n) is 7.46. The number of fused-ring (bicyclic) bond motifs is 1. The van der Waals surface area contributed by atoms with E-state index < -0.39 is 11.7 Å². The highest BCUT2D eigenvalue weighted by Gasteiger charge is 2.30. The lowest BCUT2D eigenvalue weighted by Crippen LogP contribution is -2.31. The molecule has 2 aromatic carbocycles. The Morgan fingerprint density at radius 2 is 2.03 bits per heavy atom. The Kier molecular flexibility index (Phi) is 7.61. The van der Waals surface area contributed by atoms with E-state index in [0.717, 1.165) is 43.0 Å². The third-order valence-electron chi connectivity index (χ3n) is 5.12. The molecule has 6 nitrogen and oxygen atoms in total. The second-order valence-corrected chi connectivity index (χ2v) is 7.46. The molecule has 32 heavy (non-hydrogen) atoms. The summed E-state index contributed by atoms with van der Waals surface area (Å²) in [6.07, 6.45) is -1.74. The molecule has 0 bridgehead atoms. The second kappa shape index (κ2) is 10.4. The minimum Gasteiger partial charge on any atom is -0.487 e. The van der Waals surface area contributed by atoms with Crippen LogP contribution in [-0.4, -0.2) is 57.3 Å². The largest absolute Gasteiger partial charge is 0.487 e. The van der Waals surface area contributed by atoms with Gasteiger partial charge in [0.15, 0.2) is 0 Å². The zero-order valence-electron chi connectivity index (χ0n) is 18.4. The molecule has 9 heteroatoms. The summed E-state index contributed by atoms with van der Waals surface area (Å²) in [5.41, 5.74) is 2.98. The molecule has 0 atom stereocenters. The monoisotopic (exact) mass is 448 g/mol. The van der Waals surface area contributed by atoms with Crippen LogP contribution in [0.5, 0.6) is 5.75 Å². The number of nitrogens with zero attached hydrogens (tertiary/aromatic N) is 4. The zero-order chi connectivity index (χ0) is 23.1. The average Bonchev–Trinajstić information content (AvgIpc) is 3.17. The molecular formula is C23H27F3N4O2. The van der Waals surface area contributed by atoms with Gasteiger partial charge in [0.1, 0.15) is 25.2 Å². The summed E-state index contributed by atoms with van der Waals surface area (Å²) in [6, 6.07) is 10.9. The van der Waals surface area contributed by atoms with Crippen LogP contribution in [0.2, 0.25) is 0 Å². The maximum absolute atomic E-state index is 12.9. The molecule has 0 saturated heterocycles. The Morgan fingerprint density at radius 1 is 1.22 bits per heavy atom. The normalized spacial score (nSPS) is 14.1. The molecule has 172 valence electrons. The van der Waals surface area contributed by atoms with E-state index >= 15 is 0 Å². The summed E-state index contributed by atoms with van der Waals surface area (Å²) >= 11 is 0. The van der Waals surface area contributed by atoms with Gasteiger partial charge in [-0.3, -0.25) is 0 Å². The van der Waals surface area contributed by atoms with Crippen molar-refractivity contribution in [2.45, 2.75) is 19.5 Å². The van der Waals surface area contributed by atoms with Crippen molar-refractivity contribution in [3.63, 3.8) is 0 Å². The van der Waals surface area contributed by atoms with Gasteiger partial charge < -0.3 is 19.4 Å². The average molecular weight is 448 g/mol. The predicted octanol–water partition coefficient (Wildman–Crippen LogP) is 4.76. The van der Waals surface area contributed by atoms with Crippen LogP contribution in [0, 0.1) is 0 Å². The van der Waals surface area contributed by atoms with Crippen molar-refractivity contribution in [2.75, 3.05) is 45.3 Å². The van der Waals surface area contributed by atoms with E-state index in [9.17, 15) is 13.2 Å². The molecule has 0 saturated carbocycles. The summed E-state index contributed by atoms with van der Waals surface area (Å²) in [5, 5.41) is 4.02. The Bertz CT molecular complexity index is 976. The Morgan fingerprint density at radius 3 is 2.75 bits per heavy atom. The summed E-state index contributed by atoms with van der Waals surface area (Å²) in [5.74, 6) is 0.130. The standard InChI is InChI=1S/C23H27F3N4O2/c1-4-29(2)16-27-19-8-9-22-17(12-19)10-11-30(22)14-20(28-31-3)15-32-21-7-5-6-18(13-21)23(24,25)26/h5-9,12-13,16H,4,10-11,14-15H2,1-3H3. The third kappa shape index (κ3) is 6.15. The molecule has 0 N–H and O–H groups in total. The van der Waals surface area contributed by atoms with E-state index in [0.29, 0.717) is 12.3 Å². The number of benzene rings is 2. The SMILES string of the molecule is CCN(C)C=Nc1ccc2c(c1)CCN2CC(COc1cccc(C(F)(F)F)c1)=NOC. The van der Waals surface area contributed by atoms with Crippen molar-refractivity contribution >= 4 is 23.4 Å². The van der Waals surface area contributed by atoms with E-state index in [1.807, 2.05) is 30.4 Å². The quantitative estimate of drug-likeness (QED) is 0.315. The lowest BCUT2D eigenvalue weighted by atomic mass is 10.1. The van der Waals surface area contributed by atoms with Gasteiger partial charge in [-0.2, -0.15) is 13.2 Å². The van der Waals surface area contributed by atoms with Gasteiger partial charge in [-0.25, -0.2) is 4.99 Å². The third-order valence-corrected chi connectivity index (χ3v) is 5.12. The number of oxime groups is 1. The van der Waals surface area contributed by atoms with Crippen LogP contribution < -0.4 is 9.64 Å². The maximum Gasteiger partial charge on any atom is 0.416 e.